The summed E-state index contributed by atoms with van der Waals surface area (Å²) in [5.41, 5.74) is 9.30. The van der Waals surface area contributed by atoms with E-state index in [1.54, 1.807) is 0 Å². The van der Waals surface area contributed by atoms with E-state index in [4.69, 9.17) is 5.73 Å². The molecule has 17 heavy (non-hydrogen) atoms. The van der Waals surface area contributed by atoms with E-state index in [2.05, 4.69) is 29.0 Å². The van der Waals surface area contributed by atoms with Crippen molar-refractivity contribution in [2.45, 2.75) is 32.7 Å². The molecule has 2 rings (SSSR count). The smallest absolute Gasteiger partial charge is 0.123 e. The summed E-state index contributed by atoms with van der Waals surface area (Å²) in [6, 6.07) is 10.2. The monoisotopic (exact) mass is 229 g/mol. The van der Waals surface area contributed by atoms with Crippen LogP contribution in [-0.2, 0) is 0 Å². The highest BCUT2D eigenvalue weighted by atomic mass is 15.0. The Morgan fingerprint density at radius 1 is 1.29 bits per heavy atom. The summed E-state index contributed by atoms with van der Waals surface area (Å²) in [6.07, 6.45) is 2.03. The molecule has 1 aromatic carbocycles. The summed E-state index contributed by atoms with van der Waals surface area (Å²) in [7, 11) is 0. The molecule has 0 saturated carbocycles. The molecule has 0 spiro atoms. The first-order valence-electron chi connectivity index (χ1n) is 6.10. The molecular weight excluding hydrogens is 210 g/mol. The van der Waals surface area contributed by atoms with Gasteiger partial charge in [-0.1, -0.05) is 43.7 Å². The second kappa shape index (κ2) is 5.15. The predicted octanol–water partition coefficient (Wildman–Crippen LogP) is 3.19. The van der Waals surface area contributed by atoms with E-state index < -0.39 is 0 Å². The van der Waals surface area contributed by atoms with E-state index in [0.29, 0.717) is 0 Å². The number of nitrogens with one attached hydrogen (secondary N) is 1. The van der Waals surface area contributed by atoms with Crippen LogP contribution >= 0.6 is 0 Å². The highest BCUT2D eigenvalue weighted by Gasteiger charge is 2.13. The van der Waals surface area contributed by atoms with Crippen LogP contribution in [0.5, 0.6) is 0 Å². The molecule has 3 heteroatoms. The number of benzene rings is 1. The van der Waals surface area contributed by atoms with Gasteiger partial charge < -0.3 is 10.7 Å². The van der Waals surface area contributed by atoms with E-state index in [9.17, 15) is 0 Å². The highest BCUT2D eigenvalue weighted by molar-refractivity contribution is 5.61. The summed E-state index contributed by atoms with van der Waals surface area (Å²) in [6.45, 7) is 4.17. The highest BCUT2D eigenvalue weighted by Crippen LogP contribution is 2.23. The minimum Gasteiger partial charge on any atom is -0.344 e. The van der Waals surface area contributed by atoms with Gasteiger partial charge in [0.1, 0.15) is 5.82 Å². The van der Waals surface area contributed by atoms with Gasteiger partial charge in [-0.3, -0.25) is 0 Å². The number of nitrogens with zero attached hydrogens (tertiary/aromatic N) is 1. The molecule has 1 heterocycles. The average Bonchev–Trinajstić information content (AvgIpc) is 2.73. The summed E-state index contributed by atoms with van der Waals surface area (Å²) < 4.78 is 0. The van der Waals surface area contributed by atoms with Crippen LogP contribution in [0, 0.1) is 6.92 Å². The van der Waals surface area contributed by atoms with Crippen LogP contribution in [0.2, 0.25) is 0 Å². The molecule has 0 aliphatic heterocycles. The summed E-state index contributed by atoms with van der Waals surface area (Å²) in [4.78, 5) is 7.91. The molecule has 0 bridgehead atoms. The Hall–Kier alpha value is -1.61. The molecule has 0 saturated heterocycles. The summed E-state index contributed by atoms with van der Waals surface area (Å²) in [5, 5.41) is 0. The zero-order valence-corrected chi connectivity index (χ0v) is 10.4. The van der Waals surface area contributed by atoms with Crippen LogP contribution in [0.1, 0.15) is 37.3 Å². The fourth-order valence-corrected chi connectivity index (χ4v) is 1.98. The maximum Gasteiger partial charge on any atom is 0.123 e. The average molecular weight is 229 g/mol. The SMILES string of the molecule is CCCC(N)c1nc(-c2ccccc2)c(C)[nH]1. The van der Waals surface area contributed by atoms with Crippen LogP contribution in [0.3, 0.4) is 0 Å². The van der Waals surface area contributed by atoms with Gasteiger partial charge in [-0.2, -0.15) is 0 Å². The zero-order valence-electron chi connectivity index (χ0n) is 10.4. The molecule has 0 aliphatic rings. The second-order valence-corrected chi connectivity index (χ2v) is 4.36. The Bertz CT molecular complexity index is 473. The second-order valence-electron chi connectivity index (χ2n) is 4.36. The fraction of sp³-hybridized carbons (Fsp3) is 0.357. The van der Waals surface area contributed by atoms with Crippen LogP contribution in [0.4, 0.5) is 0 Å². The van der Waals surface area contributed by atoms with Gasteiger partial charge in [0.05, 0.1) is 11.7 Å². The number of aromatic nitrogens is 2. The number of imidazole rings is 1. The minimum atomic E-state index is 0.0103. The molecule has 90 valence electrons. The lowest BCUT2D eigenvalue weighted by atomic mass is 10.1. The van der Waals surface area contributed by atoms with Gasteiger partial charge in [0.2, 0.25) is 0 Å². The Kier molecular flexibility index (Phi) is 3.59. The Balaban J connectivity index is 2.31. The van der Waals surface area contributed by atoms with Crippen molar-refractivity contribution in [1.29, 1.82) is 0 Å². The van der Waals surface area contributed by atoms with Crippen molar-refractivity contribution in [2.24, 2.45) is 5.73 Å². The molecule has 3 N–H and O–H groups in total. The molecular formula is C14H19N3. The van der Waals surface area contributed by atoms with Gasteiger partial charge in [0.15, 0.2) is 0 Å². The lowest BCUT2D eigenvalue weighted by molar-refractivity contribution is 0.608. The Morgan fingerprint density at radius 2 is 2.00 bits per heavy atom. The van der Waals surface area contributed by atoms with Gasteiger partial charge in [-0.15, -0.1) is 0 Å². The number of H-pyrrole nitrogens is 1. The number of hydrogen-bond donors (Lipinski definition) is 2. The van der Waals surface area contributed by atoms with E-state index in [1.165, 1.54) is 0 Å². The molecule has 2 aromatic rings. The Labute approximate surface area is 102 Å². The summed E-state index contributed by atoms with van der Waals surface area (Å²) in [5.74, 6) is 0.892. The fourth-order valence-electron chi connectivity index (χ4n) is 1.98. The third kappa shape index (κ3) is 2.56. The van der Waals surface area contributed by atoms with Crippen molar-refractivity contribution in [3.8, 4) is 11.3 Å². The topological polar surface area (TPSA) is 54.7 Å². The lowest BCUT2D eigenvalue weighted by Crippen LogP contribution is -2.11. The number of aromatic amines is 1. The minimum absolute atomic E-state index is 0.0103. The van der Waals surface area contributed by atoms with Crippen molar-refractivity contribution in [3.63, 3.8) is 0 Å². The quantitative estimate of drug-likeness (QED) is 0.846. The van der Waals surface area contributed by atoms with Crippen LogP contribution in [-0.4, -0.2) is 9.97 Å². The maximum absolute atomic E-state index is 6.07. The number of rotatable bonds is 4. The van der Waals surface area contributed by atoms with E-state index in [1.807, 2.05) is 25.1 Å². The zero-order chi connectivity index (χ0) is 12.3. The Morgan fingerprint density at radius 3 is 2.65 bits per heavy atom. The van der Waals surface area contributed by atoms with Crippen LogP contribution in [0.15, 0.2) is 30.3 Å². The lowest BCUT2D eigenvalue weighted by Gasteiger charge is -2.05. The van der Waals surface area contributed by atoms with Crippen molar-refractivity contribution in [2.75, 3.05) is 0 Å². The number of hydrogen-bond acceptors (Lipinski definition) is 2. The molecule has 0 amide bonds. The first-order chi connectivity index (χ1) is 8.22. The van der Waals surface area contributed by atoms with Gasteiger partial charge in [-0.05, 0) is 13.3 Å². The third-order valence-electron chi connectivity index (χ3n) is 2.90. The van der Waals surface area contributed by atoms with Crippen molar-refractivity contribution >= 4 is 0 Å². The summed E-state index contributed by atoms with van der Waals surface area (Å²) >= 11 is 0. The molecule has 1 aromatic heterocycles. The number of nitrogens with two attached hydrogens (primary N) is 1. The first-order valence-corrected chi connectivity index (χ1v) is 6.10. The first kappa shape index (κ1) is 11.9. The predicted molar refractivity (Wildman–Crippen MR) is 70.6 cm³/mol. The number of aryl methyl sites for hydroxylation is 1. The third-order valence-corrected chi connectivity index (χ3v) is 2.90. The molecule has 0 fully saturated rings. The van der Waals surface area contributed by atoms with Gasteiger partial charge in [0, 0.05) is 11.3 Å². The van der Waals surface area contributed by atoms with Crippen LogP contribution in [0.25, 0.3) is 11.3 Å². The standard InChI is InChI=1S/C14H19N3/c1-3-7-12(15)14-16-10(2)13(17-14)11-8-5-4-6-9-11/h4-6,8-9,12H,3,7,15H2,1-2H3,(H,16,17). The van der Waals surface area contributed by atoms with Gasteiger partial charge in [-0.25, -0.2) is 4.98 Å². The van der Waals surface area contributed by atoms with Gasteiger partial charge in [0.25, 0.3) is 0 Å². The largest absolute Gasteiger partial charge is 0.344 e. The van der Waals surface area contributed by atoms with Crippen molar-refractivity contribution in [1.82, 2.24) is 9.97 Å². The molecule has 3 nitrogen and oxygen atoms in total. The van der Waals surface area contributed by atoms with Crippen molar-refractivity contribution < 1.29 is 0 Å². The molecule has 1 atom stereocenters. The van der Waals surface area contributed by atoms with E-state index in [0.717, 1.165) is 35.6 Å². The van der Waals surface area contributed by atoms with E-state index >= 15 is 0 Å². The van der Waals surface area contributed by atoms with Gasteiger partial charge >= 0.3 is 0 Å². The van der Waals surface area contributed by atoms with E-state index in [-0.39, 0.29) is 6.04 Å². The molecule has 0 radical (unpaired) electrons. The van der Waals surface area contributed by atoms with Crippen molar-refractivity contribution in [3.05, 3.63) is 41.9 Å². The molecule has 0 aliphatic carbocycles. The van der Waals surface area contributed by atoms with Crippen LogP contribution < -0.4 is 5.73 Å². The molecule has 1 unspecified atom stereocenters. The normalized spacial score (nSPS) is 12.6. The maximum atomic E-state index is 6.07.